The molecule has 0 saturated heterocycles. The minimum Gasteiger partial charge on any atom is -0.360 e. The molecule has 1 heterocycles. The smallest absolute Gasteiger partial charge is 0.157 e. The zero-order valence-electron chi connectivity index (χ0n) is 10.8. The molecule has 16 heavy (non-hydrogen) atoms. The summed E-state index contributed by atoms with van der Waals surface area (Å²) in [6.07, 6.45) is 6.59. The highest BCUT2D eigenvalue weighted by atomic mass is 32.2. The maximum Gasteiger partial charge on any atom is 0.157 e. The van der Waals surface area contributed by atoms with Gasteiger partial charge >= 0.3 is 0 Å². The van der Waals surface area contributed by atoms with Crippen molar-refractivity contribution >= 4 is 16.9 Å². The van der Waals surface area contributed by atoms with Gasteiger partial charge < -0.3 is 5.32 Å². The van der Waals surface area contributed by atoms with E-state index in [-0.39, 0.29) is 0 Å². The van der Waals surface area contributed by atoms with E-state index in [1.165, 1.54) is 43.0 Å². The Morgan fingerprint density at radius 2 is 2.12 bits per heavy atom. The third-order valence-electron chi connectivity index (χ3n) is 3.57. The number of nitrogens with one attached hydrogen (secondary N) is 1. The molecule has 1 atom stereocenters. The average Bonchev–Trinajstić information content (AvgIpc) is 2.75. The van der Waals surface area contributed by atoms with Gasteiger partial charge in [-0.3, -0.25) is 4.99 Å². The van der Waals surface area contributed by atoms with Crippen LogP contribution in [0.3, 0.4) is 0 Å². The summed E-state index contributed by atoms with van der Waals surface area (Å²) in [5.41, 5.74) is 0.332. The van der Waals surface area contributed by atoms with Crippen LogP contribution >= 0.6 is 11.8 Å². The summed E-state index contributed by atoms with van der Waals surface area (Å²) in [5, 5.41) is 4.87. The van der Waals surface area contributed by atoms with E-state index in [1.807, 2.05) is 11.8 Å². The monoisotopic (exact) mass is 240 g/mol. The Hall–Kier alpha value is -0.180. The Morgan fingerprint density at radius 1 is 1.44 bits per heavy atom. The highest BCUT2D eigenvalue weighted by Crippen LogP contribution is 2.31. The van der Waals surface area contributed by atoms with E-state index in [0.717, 1.165) is 5.92 Å². The molecule has 0 spiro atoms. The SMILES string of the molecule is CC(C)CC1CSC(NC2(C)CCCC2)=N1. The Labute approximate surface area is 104 Å². The van der Waals surface area contributed by atoms with Gasteiger partial charge in [0.05, 0.1) is 6.04 Å². The summed E-state index contributed by atoms with van der Waals surface area (Å²) in [5.74, 6) is 1.94. The Morgan fingerprint density at radius 3 is 2.75 bits per heavy atom. The van der Waals surface area contributed by atoms with Gasteiger partial charge in [0.15, 0.2) is 5.17 Å². The molecular formula is C13H24N2S. The Kier molecular flexibility index (Phi) is 3.83. The van der Waals surface area contributed by atoms with Gasteiger partial charge in [-0.25, -0.2) is 0 Å². The van der Waals surface area contributed by atoms with Crippen LogP contribution in [0.1, 0.15) is 52.9 Å². The van der Waals surface area contributed by atoms with Crippen molar-refractivity contribution in [3.63, 3.8) is 0 Å². The second kappa shape index (κ2) is 4.99. The normalized spacial score (nSPS) is 28.5. The first kappa shape index (κ1) is 12.3. The molecule has 1 aliphatic carbocycles. The van der Waals surface area contributed by atoms with Crippen molar-refractivity contribution in [2.24, 2.45) is 10.9 Å². The minimum atomic E-state index is 0.332. The first-order chi connectivity index (χ1) is 7.57. The third kappa shape index (κ3) is 3.16. The first-order valence-corrected chi connectivity index (χ1v) is 7.55. The van der Waals surface area contributed by atoms with E-state index in [4.69, 9.17) is 4.99 Å². The predicted molar refractivity (Wildman–Crippen MR) is 73.1 cm³/mol. The second-order valence-electron chi connectivity index (χ2n) is 5.92. The molecule has 0 aromatic rings. The molecule has 1 unspecified atom stereocenters. The number of nitrogens with zero attached hydrogens (tertiary/aromatic N) is 1. The van der Waals surface area contributed by atoms with E-state index in [9.17, 15) is 0 Å². The van der Waals surface area contributed by atoms with Crippen molar-refractivity contribution in [3.8, 4) is 0 Å². The van der Waals surface area contributed by atoms with Crippen LogP contribution in [0.4, 0.5) is 0 Å². The number of hydrogen-bond donors (Lipinski definition) is 1. The van der Waals surface area contributed by atoms with Crippen LogP contribution in [0.25, 0.3) is 0 Å². The largest absolute Gasteiger partial charge is 0.360 e. The lowest BCUT2D eigenvalue weighted by Crippen LogP contribution is -2.41. The molecule has 1 saturated carbocycles. The van der Waals surface area contributed by atoms with Crippen molar-refractivity contribution in [1.29, 1.82) is 0 Å². The van der Waals surface area contributed by atoms with E-state index in [0.29, 0.717) is 11.6 Å². The highest BCUT2D eigenvalue weighted by Gasteiger charge is 2.31. The topological polar surface area (TPSA) is 24.4 Å². The van der Waals surface area contributed by atoms with E-state index in [1.54, 1.807) is 0 Å². The van der Waals surface area contributed by atoms with Crippen molar-refractivity contribution in [2.75, 3.05) is 5.75 Å². The molecule has 0 amide bonds. The lowest BCUT2D eigenvalue weighted by Gasteiger charge is -2.25. The number of aliphatic imine (C=N–C) groups is 1. The molecule has 2 aliphatic rings. The fourth-order valence-electron chi connectivity index (χ4n) is 2.69. The van der Waals surface area contributed by atoms with Gasteiger partial charge in [-0.2, -0.15) is 0 Å². The summed E-state index contributed by atoms with van der Waals surface area (Å²) in [7, 11) is 0. The van der Waals surface area contributed by atoms with Crippen LogP contribution in [0.15, 0.2) is 4.99 Å². The van der Waals surface area contributed by atoms with Crippen molar-refractivity contribution in [3.05, 3.63) is 0 Å². The lowest BCUT2D eigenvalue weighted by molar-refractivity contribution is 0.433. The van der Waals surface area contributed by atoms with Crippen LogP contribution < -0.4 is 5.32 Å². The summed E-state index contributed by atoms with van der Waals surface area (Å²) in [4.78, 5) is 4.81. The molecule has 2 rings (SSSR count). The maximum atomic E-state index is 4.81. The number of thioether (sulfide) groups is 1. The Balaban J connectivity index is 1.86. The molecule has 1 fully saturated rings. The zero-order chi connectivity index (χ0) is 11.6. The van der Waals surface area contributed by atoms with Crippen LogP contribution in [0.2, 0.25) is 0 Å². The molecule has 2 nitrogen and oxygen atoms in total. The minimum absolute atomic E-state index is 0.332. The molecule has 1 N–H and O–H groups in total. The quantitative estimate of drug-likeness (QED) is 0.817. The molecule has 0 bridgehead atoms. The van der Waals surface area contributed by atoms with Gasteiger partial charge in [0.25, 0.3) is 0 Å². The highest BCUT2D eigenvalue weighted by molar-refractivity contribution is 8.14. The van der Waals surface area contributed by atoms with Gasteiger partial charge in [0.1, 0.15) is 0 Å². The van der Waals surface area contributed by atoms with Crippen LogP contribution in [-0.2, 0) is 0 Å². The number of amidine groups is 1. The average molecular weight is 240 g/mol. The fourth-order valence-corrected chi connectivity index (χ4v) is 3.79. The molecule has 1 aliphatic heterocycles. The van der Waals surface area contributed by atoms with Gasteiger partial charge in [-0.15, -0.1) is 0 Å². The van der Waals surface area contributed by atoms with E-state index in [2.05, 4.69) is 26.1 Å². The zero-order valence-corrected chi connectivity index (χ0v) is 11.6. The van der Waals surface area contributed by atoms with Gasteiger partial charge in [-0.1, -0.05) is 38.5 Å². The summed E-state index contributed by atoms with van der Waals surface area (Å²) in [6, 6.07) is 0.553. The summed E-state index contributed by atoms with van der Waals surface area (Å²) >= 11 is 1.92. The maximum absolute atomic E-state index is 4.81. The third-order valence-corrected chi connectivity index (χ3v) is 4.60. The van der Waals surface area contributed by atoms with Crippen LogP contribution in [-0.4, -0.2) is 22.5 Å². The standard InChI is InChI=1S/C13H24N2S/c1-10(2)8-11-9-16-12(14-11)15-13(3)6-4-5-7-13/h10-11H,4-9H2,1-3H3,(H,14,15). The Bertz CT molecular complexity index is 267. The van der Waals surface area contributed by atoms with Crippen molar-refractivity contribution < 1.29 is 0 Å². The second-order valence-corrected chi connectivity index (χ2v) is 6.93. The number of hydrogen-bond acceptors (Lipinski definition) is 3. The van der Waals surface area contributed by atoms with Gasteiger partial charge in [0.2, 0.25) is 0 Å². The first-order valence-electron chi connectivity index (χ1n) is 6.56. The van der Waals surface area contributed by atoms with Gasteiger partial charge in [-0.05, 0) is 32.1 Å². The molecule has 0 aromatic carbocycles. The predicted octanol–water partition coefficient (Wildman–Crippen LogP) is 3.43. The molecular weight excluding hydrogens is 216 g/mol. The molecule has 0 aromatic heterocycles. The van der Waals surface area contributed by atoms with Crippen molar-refractivity contribution in [2.45, 2.75) is 64.5 Å². The molecule has 0 radical (unpaired) electrons. The van der Waals surface area contributed by atoms with Gasteiger partial charge in [0, 0.05) is 11.3 Å². The van der Waals surface area contributed by atoms with E-state index >= 15 is 0 Å². The number of rotatable bonds is 3. The lowest BCUT2D eigenvalue weighted by atomic mass is 10.0. The van der Waals surface area contributed by atoms with E-state index < -0.39 is 0 Å². The fraction of sp³-hybridized carbons (Fsp3) is 0.923. The van der Waals surface area contributed by atoms with Crippen LogP contribution in [0, 0.1) is 5.92 Å². The van der Waals surface area contributed by atoms with Crippen LogP contribution in [0.5, 0.6) is 0 Å². The summed E-state index contributed by atoms with van der Waals surface area (Å²) in [6.45, 7) is 6.91. The summed E-state index contributed by atoms with van der Waals surface area (Å²) < 4.78 is 0. The molecule has 3 heteroatoms. The molecule has 92 valence electrons. The van der Waals surface area contributed by atoms with Crippen molar-refractivity contribution in [1.82, 2.24) is 5.32 Å².